The normalized spacial score (nSPS) is 15.0. The Morgan fingerprint density at radius 3 is 2.50 bits per heavy atom. The van der Waals surface area contributed by atoms with Crippen molar-refractivity contribution in [1.82, 2.24) is 4.31 Å². The third-order valence-electron chi connectivity index (χ3n) is 5.32. The van der Waals surface area contributed by atoms with Crippen molar-refractivity contribution in [2.24, 2.45) is 0 Å². The van der Waals surface area contributed by atoms with Gasteiger partial charge in [-0.2, -0.15) is 0 Å². The molecule has 0 unspecified atom stereocenters. The summed E-state index contributed by atoms with van der Waals surface area (Å²) in [5, 5.41) is 9.86. The second-order valence-corrected chi connectivity index (χ2v) is 9.37. The van der Waals surface area contributed by atoms with Crippen molar-refractivity contribution in [2.45, 2.75) is 44.6 Å². The van der Waals surface area contributed by atoms with Gasteiger partial charge in [-0.3, -0.25) is 4.79 Å². The molecule has 4 nitrogen and oxygen atoms in total. The number of nitrogens with zero attached hydrogens (tertiary/aromatic N) is 2. The quantitative estimate of drug-likeness (QED) is 0.372. The van der Waals surface area contributed by atoms with Crippen LogP contribution in [0.3, 0.4) is 0 Å². The molecule has 1 fully saturated rings. The van der Waals surface area contributed by atoms with E-state index in [0.29, 0.717) is 24.7 Å². The van der Waals surface area contributed by atoms with Crippen LogP contribution in [0.15, 0.2) is 48.5 Å². The third kappa shape index (κ3) is 5.87. The minimum absolute atomic E-state index is 0.00798. The van der Waals surface area contributed by atoms with E-state index in [-0.39, 0.29) is 11.7 Å². The van der Waals surface area contributed by atoms with Gasteiger partial charge in [0, 0.05) is 33.0 Å². The number of hydrogen-bond donors (Lipinski definition) is 1. The molecule has 1 amide bonds. The smallest absolute Gasteiger partial charge is 0.242 e. The van der Waals surface area contributed by atoms with Gasteiger partial charge >= 0.3 is 0 Å². The Morgan fingerprint density at radius 1 is 1.14 bits per heavy atom. The second-order valence-electron chi connectivity index (χ2n) is 7.43. The largest absolute Gasteiger partial charge is 0.508 e. The summed E-state index contributed by atoms with van der Waals surface area (Å²) < 4.78 is 1.89. The summed E-state index contributed by atoms with van der Waals surface area (Å²) in [6.07, 6.45) is 6.59. The zero-order chi connectivity index (χ0) is 19.9. The van der Waals surface area contributed by atoms with E-state index in [4.69, 9.17) is 0 Å². The Kier molecular flexibility index (Phi) is 8.05. The highest BCUT2D eigenvalue weighted by atomic mass is 127. The fourth-order valence-electron chi connectivity index (χ4n) is 3.80. The van der Waals surface area contributed by atoms with Crippen LogP contribution in [0, 0.1) is 0 Å². The number of benzene rings is 2. The molecule has 2 aromatic carbocycles. The molecule has 0 radical (unpaired) electrons. The first-order valence-electron chi connectivity index (χ1n) is 9.75. The molecule has 0 aliphatic heterocycles. The monoisotopic (exact) mass is 510 g/mol. The number of phenolic OH excluding ortho intramolecular Hbond substituents is 1. The van der Waals surface area contributed by atoms with E-state index >= 15 is 0 Å². The molecule has 0 spiro atoms. The molecule has 150 valence electrons. The van der Waals surface area contributed by atoms with Crippen molar-refractivity contribution in [2.75, 3.05) is 18.5 Å². The number of carbonyl (C=O) groups excluding carboxylic acids is 1. The Bertz CT molecular complexity index is 778. The number of amides is 1. The van der Waals surface area contributed by atoms with Gasteiger partial charge in [-0.15, -0.1) is 0 Å². The van der Waals surface area contributed by atoms with Crippen molar-refractivity contribution in [3.05, 3.63) is 59.7 Å². The molecule has 0 heterocycles. The SMILES string of the molecule is CN(CC(=O)N(Cc1ccc(C2CCCCC2)cc1)c1cccc(O)c1)SI. The van der Waals surface area contributed by atoms with Crippen LogP contribution in [0.1, 0.15) is 49.1 Å². The number of anilines is 1. The van der Waals surface area contributed by atoms with E-state index < -0.39 is 0 Å². The molecular formula is C22H27IN2O2S. The maximum Gasteiger partial charge on any atom is 0.242 e. The van der Waals surface area contributed by atoms with E-state index in [1.807, 2.05) is 17.4 Å². The number of carbonyl (C=O) groups is 1. The molecule has 0 atom stereocenters. The molecule has 1 aliphatic rings. The summed E-state index contributed by atoms with van der Waals surface area (Å²) >= 11 is 2.17. The molecule has 0 aromatic heterocycles. The van der Waals surface area contributed by atoms with Crippen molar-refractivity contribution in [3.8, 4) is 5.75 Å². The Labute approximate surface area is 184 Å². The number of hydrogen-bond acceptors (Lipinski definition) is 4. The van der Waals surface area contributed by atoms with Gasteiger partial charge in [-0.05, 0) is 58.2 Å². The fourth-order valence-corrected chi connectivity index (χ4v) is 4.38. The first-order valence-corrected chi connectivity index (χ1v) is 13.1. The van der Waals surface area contributed by atoms with Gasteiger partial charge in [-0.25, -0.2) is 4.31 Å². The van der Waals surface area contributed by atoms with E-state index in [9.17, 15) is 9.90 Å². The zero-order valence-corrected chi connectivity index (χ0v) is 19.2. The maximum absolute atomic E-state index is 12.9. The molecule has 0 bridgehead atoms. The van der Waals surface area contributed by atoms with Gasteiger partial charge in [0.1, 0.15) is 5.75 Å². The van der Waals surface area contributed by atoms with Crippen LogP contribution in [0.25, 0.3) is 0 Å². The maximum atomic E-state index is 12.9. The molecule has 1 N–H and O–H groups in total. The van der Waals surface area contributed by atoms with Crippen LogP contribution >= 0.6 is 30.3 Å². The van der Waals surface area contributed by atoms with Crippen molar-refractivity contribution >= 4 is 41.9 Å². The van der Waals surface area contributed by atoms with Gasteiger partial charge < -0.3 is 10.0 Å². The predicted octanol–water partition coefficient (Wildman–Crippen LogP) is 5.90. The lowest BCUT2D eigenvalue weighted by Gasteiger charge is -2.26. The lowest BCUT2D eigenvalue weighted by molar-refractivity contribution is -0.118. The minimum Gasteiger partial charge on any atom is -0.508 e. The molecule has 2 aromatic rings. The number of aromatic hydroxyl groups is 1. The Hall–Kier alpha value is -1.25. The number of likely N-dealkylation sites (N-methyl/N-ethyl adjacent to an activating group) is 1. The molecule has 1 aliphatic carbocycles. The fraction of sp³-hybridized carbons (Fsp3) is 0.409. The lowest BCUT2D eigenvalue weighted by atomic mass is 9.84. The molecule has 6 heteroatoms. The summed E-state index contributed by atoms with van der Waals surface area (Å²) in [6.45, 7) is 0.802. The van der Waals surface area contributed by atoms with Crippen LogP contribution in [0.2, 0.25) is 0 Å². The number of phenols is 1. The second kappa shape index (κ2) is 10.5. The molecular weight excluding hydrogens is 483 g/mol. The highest BCUT2D eigenvalue weighted by molar-refractivity contribution is 14.2. The van der Waals surface area contributed by atoms with Gasteiger partial charge in [-0.1, -0.05) is 49.6 Å². The third-order valence-corrected chi connectivity index (χ3v) is 7.70. The Balaban J connectivity index is 1.77. The van der Waals surface area contributed by atoms with Crippen molar-refractivity contribution in [1.29, 1.82) is 0 Å². The van der Waals surface area contributed by atoms with Crippen LogP contribution in [-0.2, 0) is 11.3 Å². The van der Waals surface area contributed by atoms with Gasteiger partial charge in [0.2, 0.25) is 5.91 Å². The standard InChI is InChI=1S/C22H27IN2O2S/c1-24(28-23)16-22(27)25(20-8-5-9-21(26)14-20)15-17-10-12-19(13-11-17)18-6-3-2-4-7-18/h5,8-14,18,26H,2-4,6-7,15-16H2,1H3. The predicted molar refractivity (Wildman–Crippen MR) is 126 cm³/mol. The summed E-state index contributed by atoms with van der Waals surface area (Å²) in [5.41, 5.74) is 3.23. The van der Waals surface area contributed by atoms with Crippen LogP contribution in [0.5, 0.6) is 5.75 Å². The lowest BCUT2D eigenvalue weighted by Crippen LogP contribution is -2.36. The molecule has 28 heavy (non-hydrogen) atoms. The first kappa shape index (κ1) is 21.5. The summed E-state index contributed by atoms with van der Waals surface area (Å²) in [6, 6.07) is 15.6. The minimum atomic E-state index is 0.00798. The molecule has 1 saturated carbocycles. The molecule has 3 rings (SSSR count). The van der Waals surface area contributed by atoms with Crippen LogP contribution < -0.4 is 4.90 Å². The van der Waals surface area contributed by atoms with E-state index in [1.54, 1.807) is 23.1 Å². The number of halogens is 1. The summed E-state index contributed by atoms with van der Waals surface area (Å²) in [5.74, 6) is 0.856. The van der Waals surface area contributed by atoms with Gasteiger partial charge in [0.25, 0.3) is 0 Å². The topological polar surface area (TPSA) is 43.8 Å². The van der Waals surface area contributed by atoms with Crippen molar-refractivity contribution < 1.29 is 9.90 Å². The highest BCUT2D eigenvalue weighted by Crippen LogP contribution is 2.33. The summed E-state index contributed by atoms with van der Waals surface area (Å²) in [4.78, 5) is 14.7. The van der Waals surface area contributed by atoms with Crippen LogP contribution in [0.4, 0.5) is 5.69 Å². The first-order chi connectivity index (χ1) is 13.6. The zero-order valence-electron chi connectivity index (χ0n) is 16.2. The summed E-state index contributed by atoms with van der Waals surface area (Å²) in [7, 11) is 3.40. The van der Waals surface area contributed by atoms with E-state index in [0.717, 1.165) is 5.56 Å². The highest BCUT2D eigenvalue weighted by Gasteiger charge is 2.19. The van der Waals surface area contributed by atoms with Crippen molar-refractivity contribution in [3.63, 3.8) is 0 Å². The average Bonchev–Trinajstić information content (AvgIpc) is 2.73. The number of rotatable bonds is 7. The van der Waals surface area contributed by atoms with Gasteiger partial charge in [0.15, 0.2) is 0 Å². The van der Waals surface area contributed by atoms with Gasteiger partial charge in [0.05, 0.1) is 13.1 Å². The van der Waals surface area contributed by atoms with Crippen LogP contribution in [-0.4, -0.2) is 28.9 Å². The van der Waals surface area contributed by atoms with E-state index in [2.05, 4.69) is 45.5 Å². The molecule has 0 saturated heterocycles. The van der Waals surface area contributed by atoms with E-state index in [1.165, 1.54) is 46.8 Å². The average molecular weight is 510 g/mol. The Morgan fingerprint density at radius 2 is 1.86 bits per heavy atom.